The Morgan fingerprint density at radius 2 is 2.25 bits per heavy atom. The topological polar surface area (TPSA) is 46.3 Å². The number of nitrogens with zero attached hydrogens (tertiary/aromatic N) is 1. The fourth-order valence-corrected chi connectivity index (χ4v) is 2.72. The minimum absolute atomic E-state index is 0.124. The Balaban J connectivity index is 2.75. The molecule has 0 saturated heterocycles. The fraction of sp³-hybridized carbons (Fsp3) is 0.500. The molecule has 2 N–H and O–H groups in total. The number of amides is 1. The number of rotatable bonds is 7. The van der Waals surface area contributed by atoms with Crippen LogP contribution in [-0.2, 0) is 11.3 Å². The molecule has 0 aromatic heterocycles. The molecule has 6 heteroatoms. The molecule has 0 fully saturated rings. The van der Waals surface area contributed by atoms with Crippen LogP contribution >= 0.6 is 27.7 Å². The van der Waals surface area contributed by atoms with Crippen LogP contribution in [0.5, 0.6) is 0 Å². The third-order valence-electron chi connectivity index (χ3n) is 3.01. The van der Waals surface area contributed by atoms with Gasteiger partial charge in [-0.1, -0.05) is 15.9 Å². The van der Waals surface area contributed by atoms with Crippen molar-refractivity contribution in [2.75, 3.05) is 18.6 Å². The summed E-state index contributed by atoms with van der Waals surface area (Å²) < 4.78 is 14.5. The summed E-state index contributed by atoms with van der Waals surface area (Å²) in [6, 6.07) is 4.21. The quantitative estimate of drug-likeness (QED) is 0.810. The number of likely N-dealkylation sites (N-methyl/N-ethyl adjacent to an activating group) is 1. The number of hydrogen-bond donors (Lipinski definition) is 1. The lowest BCUT2D eigenvalue weighted by molar-refractivity contribution is -0.133. The van der Waals surface area contributed by atoms with Gasteiger partial charge in [0.05, 0.1) is 6.04 Å². The van der Waals surface area contributed by atoms with Crippen molar-refractivity contribution >= 4 is 33.6 Å². The Morgan fingerprint density at radius 3 is 2.85 bits per heavy atom. The lowest BCUT2D eigenvalue weighted by atomic mass is 10.1. The van der Waals surface area contributed by atoms with Gasteiger partial charge in [0, 0.05) is 23.1 Å². The number of halogens is 2. The SMILES string of the molecule is CCN(Cc1cc(Br)ccc1F)C(=O)[C@@H](N)CCSC. The van der Waals surface area contributed by atoms with E-state index in [-0.39, 0.29) is 18.3 Å². The Bertz CT molecular complexity index is 459. The highest BCUT2D eigenvalue weighted by Gasteiger charge is 2.20. The molecule has 1 amide bonds. The second kappa shape index (κ2) is 8.64. The van der Waals surface area contributed by atoms with E-state index in [1.165, 1.54) is 6.07 Å². The molecule has 1 aromatic carbocycles. The molecular formula is C14H20BrFN2OS. The van der Waals surface area contributed by atoms with Gasteiger partial charge in [-0.05, 0) is 43.6 Å². The first-order valence-corrected chi connectivity index (χ1v) is 8.65. The maximum atomic E-state index is 13.7. The molecule has 3 nitrogen and oxygen atoms in total. The Morgan fingerprint density at radius 1 is 1.55 bits per heavy atom. The molecule has 0 heterocycles. The first kappa shape index (κ1) is 17.5. The Labute approximate surface area is 132 Å². The molecule has 1 aromatic rings. The molecule has 0 aliphatic carbocycles. The van der Waals surface area contributed by atoms with Gasteiger partial charge in [0.1, 0.15) is 5.82 Å². The zero-order valence-corrected chi connectivity index (χ0v) is 14.1. The van der Waals surface area contributed by atoms with Crippen LogP contribution in [0.3, 0.4) is 0 Å². The summed E-state index contributed by atoms with van der Waals surface area (Å²) in [5.74, 6) is 0.411. The number of benzene rings is 1. The van der Waals surface area contributed by atoms with Gasteiger partial charge < -0.3 is 10.6 Å². The van der Waals surface area contributed by atoms with Crippen LogP contribution in [-0.4, -0.2) is 35.4 Å². The lowest BCUT2D eigenvalue weighted by Gasteiger charge is -2.24. The maximum Gasteiger partial charge on any atom is 0.239 e. The first-order valence-electron chi connectivity index (χ1n) is 6.46. The monoisotopic (exact) mass is 362 g/mol. The molecule has 0 aliphatic heterocycles. The highest BCUT2D eigenvalue weighted by Crippen LogP contribution is 2.17. The zero-order chi connectivity index (χ0) is 15.1. The van der Waals surface area contributed by atoms with E-state index < -0.39 is 6.04 Å². The molecular weight excluding hydrogens is 343 g/mol. The van der Waals surface area contributed by atoms with E-state index in [1.54, 1.807) is 28.8 Å². The molecule has 0 bridgehead atoms. The summed E-state index contributed by atoms with van der Waals surface area (Å²) in [4.78, 5) is 13.8. The minimum atomic E-state index is -0.516. The van der Waals surface area contributed by atoms with Crippen LogP contribution < -0.4 is 5.73 Å². The molecule has 1 atom stereocenters. The summed E-state index contributed by atoms with van der Waals surface area (Å²) in [6.45, 7) is 2.63. The average molecular weight is 363 g/mol. The number of nitrogens with two attached hydrogens (primary N) is 1. The molecule has 0 unspecified atom stereocenters. The minimum Gasteiger partial charge on any atom is -0.337 e. The van der Waals surface area contributed by atoms with Crippen LogP contribution in [0.1, 0.15) is 18.9 Å². The van der Waals surface area contributed by atoms with E-state index in [0.717, 1.165) is 10.2 Å². The standard InChI is InChI=1S/C14H20BrFN2OS/c1-3-18(14(19)13(17)6-7-20-2)9-10-8-11(15)4-5-12(10)16/h4-5,8,13H,3,6-7,9,17H2,1-2H3/t13-/m0/s1. The fourth-order valence-electron chi connectivity index (χ4n) is 1.82. The summed E-state index contributed by atoms with van der Waals surface area (Å²) in [6.07, 6.45) is 2.61. The summed E-state index contributed by atoms with van der Waals surface area (Å²) in [5.41, 5.74) is 6.39. The van der Waals surface area contributed by atoms with Gasteiger partial charge in [-0.15, -0.1) is 0 Å². The normalized spacial score (nSPS) is 12.2. The zero-order valence-electron chi connectivity index (χ0n) is 11.7. The first-order chi connectivity index (χ1) is 9.49. The third-order valence-corrected chi connectivity index (χ3v) is 4.15. The van der Waals surface area contributed by atoms with Gasteiger partial charge in [-0.3, -0.25) is 4.79 Å². The highest BCUT2D eigenvalue weighted by molar-refractivity contribution is 9.10. The maximum absolute atomic E-state index is 13.7. The molecule has 1 rings (SSSR count). The van der Waals surface area contributed by atoms with Gasteiger partial charge in [0.15, 0.2) is 0 Å². The van der Waals surface area contributed by atoms with Crippen molar-refractivity contribution in [3.05, 3.63) is 34.1 Å². The van der Waals surface area contributed by atoms with Crippen LogP contribution in [0.15, 0.2) is 22.7 Å². The van der Waals surface area contributed by atoms with E-state index in [2.05, 4.69) is 15.9 Å². The Kier molecular flexibility index (Phi) is 7.55. The van der Waals surface area contributed by atoms with Crippen molar-refractivity contribution in [1.29, 1.82) is 0 Å². The molecule has 112 valence electrons. The third kappa shape index (κ3) is 5.07. The summed E-state index contributed by atoms with van der Waals surface area (Å²) in [7, 11) is 0. The summed E-state index contributed by atoms with van der Waals surface area (Å²) >= 11 is 4.97. The number of carbonyl (C=O) groups excluding carboxylic acids is 1. The van der Waals surface area contributed by atoms with Crippen LogP contribution in [0.2, 0.25) is 0 Å². The predicted octanol–water partition coefficient (Wildman–Crippen LogP) is 3.02. The second-order valence-corrected chi connectivity index (χ2v) is 6.38. The molecule has 0 radical (unpaired) electrons. The average Bonchev–Trinajstić information content (AvgIpc) is 2.44. The van der Waals surface area contributed by atoms with Gasteiger partial charge in [-0.2, -0.15) is 11.8 Å². The molecule has 0 saturated carbocycles. The van der Waals surface area contributed by atoms with Crippen LogP contribution in [0, 0.1) is 5.82 Å². The second-order valence-electron chi connectivity index (χ2n) is 4.48. The van der Waals surface area contributed by atoms with Gasteiger partial charge in [-0.25, -0.2) is 4.39 Å². The highest BCUT2D eigenvalue weighted by atomic mass is 79.9. The lowest BCUT2D eigenvalue weighted by Crippen LogP contribution is -2.43. The number of thioether (sulfide) groups is 1. The summed E-state index contributed by atoms with van der Waals surface area (Å²) in [5, 5.41) is 0. The van der Waals surface area contributed by atoms with Gasteiger partial charge >= 0.3 is 0 Å². The van der Waals surface area contributed by atoms with Crippen molar-refractivity contribution < 1.29 is 9.18 Å². The van der Waals surface area contributed by atoms with Crippen molar-refractivity contribution in [3.63, 3.8) is 0 Å². The molecule has 0 spiro atoms. The Hall–Kier alpha value is -0.590. The molecule has 0 aliphatic rings. The van der Waals surface area contributed by atoms with E-state index in [0.29, 0.717) is 18.5 Å². The number of hydrogen-bond acceptors (Lipinski definition) is 3. The van der Waals surface area contributed by atoms with Crippen molar-refractivity contribution in [3.8, 4) is 0 Å². The van der Waals surface area contributed by atoms with E-state index in [1.807, 2.05) is 13.2 Å². The van der Waals surface area contributed by atoms with Crippen molar-refractivity contribution in [2.45, 2.75) is 25.9 Å². The van der Waals surface area contributed by atoms with E-state index in [4.69, 9.17) is 5.73 Å². The van der Waals surface area contributed by atoms with E-state index >= 15 is 0 Å². The van der Waals surface area contributed by atoms with Crippen molar-refractivity contribution in [1.82, 2.24) is 4.90 Å². The predicted molar refractivity (Wildman–Crippen MR) is 86.2 cm³/mol. The largest absolute Gasteiger partial charge is 0.337 e. The van der Waals surface area contributed by atoms with Crippen LogP contribution in [0.25, 0.3) is 0 Å². The van der Waals surface area contributed by atoms with Gasteiger partial charge in [0.25, 0.3) is 0 Å². The smallest absolute Gasteiger partial charge is 0.239 e. The van der Waals surface area contributed by atoms with Gasteiger partial charge in [0.2, 0.25) is 5.91 Å². The van der Waals surface area contributed by atoms with Crippen molar-refractivity contribution in [2.24, 2.45) is 5.73 Å². The van der Waals surface area contributed by atoms with E-state index in [9.17, 15) is 9.18 Å². The van der Waals surface area contributed by atoms with Crippen LogP contribution in [0.4, 0.5) is 4.39 Å². The number of carbonyl (C=O) groups is 1. The molecule has 20 heavy (non-hydrogen) atoms.